The Bertz CT molecular complexity index is 1390. The molecule has 5 rings (SSSR count). The number of ketones is 1. The van der Waals surface area contributed by atoms with Crippen LogP contribution in [0.3, 0.4) is 0 Å². The molecular formula is C28H27N3O6. The minimum absolute atomic E-state index is 0.0363. The maximum absolute atomic E-state index is 13.8. The lowest BCUT2D eigenvalue weighted by Crippen LogP contribution is -2.27. The number of nitro benzene ring substituents is 1. The van der Waals surface area contributed by atoms with Gasteiger partial charge in [0.25, 0.3) is 5.69 Å². The first-order chi connectivity index (χ1) is 17.9. The molecular weight excluding hydrogens is 474 g/mol. The van der Waals surface area contributed by atoms with Gasteiger partial charge < -0.3 is 24.8 Å². The number of allylic oxidation sites excluding steroid dienone is 1. The van der Waals surface area contributed by atoms with Crippen LogP contribution in [0.4, 0.5) is 17.1 Å². The molecule has 2 N–H and O–H groups in total. The van der Waals surface area contributed by atoms with E-state index in [0.29, 0.717) is 34.8 Å². The number of nitrogens with one attached hydrogen (secondary N) is 2. The molecule has 3 aromatic rings. The van der Waals surface area contributed by atoms with Gasteiger partial charge in [-0.15, -0.1) is 0 Å². The fourth-order valence-corrected chi connectivity index (χ4v) is 5.20. The molecule has 0 unspecified atom stereocenters. The third-order valence-corrected chi connectivity index (χ3v) is 6.91. The van der Waals surface area contributed by atoms with E-state index in [9.17, 15) is 14.9 Å². The number of carbonyl (C=O) groups excluding carboxylic acids is 1. The molecule has 1 aliphatic carbocycles. The van der Waals surface area contributed by atoms with E-state index in [2.05, 4.69) is 10.6 Å². The van der Waals surface area contributed by atoms with Crippen molar-refractivity contribution in [3.05, 3.63) is 93.2 Å². The van der Waals surface area contributed by atoms with Crippen molar-refractivity contribution in [3.63, 3.8) is 0 Å². The summed E-state index contributed by atoms with van der Waals surface area (Å²) in [5.74, 6) is 1.27. The number of hydrogen-bond acceptors (Lipinski definition) is 8. The Kier molecular flexibility index (Phi) is 6.43. The molecule has 3 aromatic carbocycles. The molecule has 9 heteroatoms. The minimum atomic E-state index is -0.680. The highest BCUT2D eigenvalue weighted by Crippen LogP contribution is 2.48. The van der Waals surface area contributed by atoms with E-state index in [1.54, 1.807) is 39.5 Å². The number of para-hydroxylation sites is 3. The van der Waals surface area contributed by atoms with Crippen molar-refractivity contribution in [2.24, 2.45) is 0 Å². The summed E-state index contributed by atoms with van der Waals surface area (Å²) >= 11 is 0. The van der Waals surface area contributed by atoms with E-state index in [1.165, 1.54) is 6.07 Å². The van der Waals surface area contributed by atoms with Gasteiger partial charge in [-0.2, -0.15) is 0 Å². The molecule has 0 aromatic heterocycles. The average molecular weight is 502 g/mol. The predicted octanol–water partition coefficient (Wildman–Crippen LogP) is 5.60. The number of anilines is 2. The van der Waals surface area contributed by atoms with Gasteiger partial charge in [0.1, 0.15) is 0 Å². The summed E-state index contributed by atoms with van der Waals surface area (Å²) in [6.45, 7) is 0. The molecule has 190 valence electrons. The number of benzene rings is 3. The van der Waals surface area contributed by atoms with E-state index in [0.717, 1.165) is 22.6 Å². The van der Waals surface area contributed by atoms with Crippen molar-refractivity contribution < 1.29 is 23.9 Å². The molecule has 0 saturated carbocycles. The maximum atomic E-state index is 13.8. The third-order valence-electron chi connectivity index (χ3n) is 6.91. The summed E-state index contributed by atoms with van der Waals surface area (Å²) in [4.78, 5) is 25.3. The Morgan fingerprint density at radius 3 is 2.19 bits per heavy atom. The molecule has 0 spiro atoms. The van der Waals surface area contributed by atoms with Crippen LogP contribution in [0.25, 0.3) is 0 Å². The number of hydrogen-bond donors (Lipinski definition) is 2. The summed E-state index contributed by atoms with van der Waals surface area (Å²) in [5, 5.41) is 18.7. The highest BCUT2D eigenvalue weighted by molar-refractivity contribution is 6.01. The Morgan fingerprint density at radius 1 is 0.892 bits per heavy atom. The van der Waals surface area contributed by atoms with Gasteiger partial charge in [0.2, 0.25) is 5.75 Å². The van der Waals surface area contributed by atoms with Gasteiger partial charge in [-0.05, 0) is 48.2 Å². The monoisotopic (exact) mass is 501 g/mol. The van der Waals surface area contributed by atoms with Crippen molar-refractivity contribution in [1.82, 2.24) is 0 Å². The highest BCUT2D eigenvalue weighted by Gasteiger charge is 2.38. The summed E-state index contributed by atoms with van der Waals surface area (Å²) in [7, 11) is 4.66. The Hall–Kier alpha value is -4.53. The second-order valence-electron chi connectivity index (χ2n) is 8.94. The fraction of sp³-hybridized carbons (Fsp3) is 0.250. The Labute approximate surface area is 214 Å². The molecule has 0 fully saturated rings. The smallest absolute Gasteiger partial charge is 0.275 e. The van der Waals surface area contributed by atoms with Crippen LogP contribution in [0.5, 0.6) is 17.2 Å². The summed E-state index contributed by atoms with van der Waals surface area (Å²) < 4.78 is 16.5. The summed E-state index contributed by atoms with van der Waals surface area (Å²) in [6, 6.07) is 17.2. The van der Waals surface area contributed by atoms with Gasteiger partial charge in [0, 0.05) is 23.8 Å². The summed E-state index contributed by atoms with van der Waals surface area (Å²) in [5.41, 5.74) is 4.09. The van der Waals surface area contributed by atoms with Crippen LogP contribution in [-0.4, -0.2) is 32.0 Å². The van der Waals surface area contributed by atoms with Gasteiger partial charge >= 0.3 is 0 Å². The standard InChI is InChI=1S/C28H27N3O6/c1-35-24-14-17(15-25(36-2)28(24)37-3)16-12-21-26(23(32)13-16)27(18-8-4-7-11-22(18)31(33)34)30-20-10-6-5-9-19(20)29-21/h4-11,14-16,27,29-30H,12-13H2,1-3H3/t16-,27-/m1/s1. The van der Waals surface area contributed by atoms with E-state index in [1.807, 2.05) is 36.4 Å². The van der Waals surface area contributed by atoms with Crippen molar-refractivity contribution >= 4 is 22.8 Å². The SMILES string of the molecule is COc1cc([C@H]2CC(=O)C3=C(C2)Nc2ccccc2N[C@@H]3c2ccccc2[N+](=O)[O-])cc(OC)c1OC. The summed E-state index contributed by atoms with van der Waals surface area (Å²) in [6.07, 6.45) is 0.751. The van der Waals surface area contributed by atoms with E-state index >= 15 is 0 Å². The molecule has 0 amide bonds. The van der Waals surface area contributed by atoms with Crippen molar-refractivity contribution in [3.8, 4) is 17.2 Å². The zero-order valence-electron chi connectivity index (χ0n) is 20.7. The molecule has 0 radical (unpaired) electrons. The van der Waals surface area contributed by atoms with E-state index in [-0.39, 0.29) is 23.8 Å². The number of methoxy groups -OCH3 is 3. The van der Waals surface area contributed by atoms with Crippen LogP contribution in [-0.2, 0) is 4.79 Å². The van der Waals surface area contributed by atoms with Crippen molar-refractivity contribution in [1.29, 1.82) is 0 Å². The zero-order chi connectivity index (χ0) is 26.1. The lowest BCUT2D eigenvalue weighted by atomic mass is 9.78. The average Bonchev–Trinajstić information content (AvgIpc) is 3.09. The number of fused-ring (bicyclic) bond motifs is 1. The molecule has 0 saturated heterocycles. The first-order valence-corrected chi connectivity index (χ1v) is 11.9. The Morgan fingerprint density at radius 2 is 1.54 bits per heavy atom. The predicted molar refractivity (Wildman–Crippen MR) is 140 cm³/mol. The van der Waals surface area contributed by atoms with Crippen LogP contribution in [0.1, 0.15) is 35.9 Å². The molecule has 2 atom stereocenters. The number of Topliss-reactive ketones (excluding diaryl/α,β-unsaturated/α-hetero) is 1. The maximum Gasteiger partial charge on any atom is 0.275 e. The number of ether oxygens (including phenoxy) is 3. The Balaban J connectivity index is 1.63. The van der Waals surface area contributed by atoms with Crippen molar-refractivity contribution in [2.75, 3.05) is 32.0 Å². The lowest BCUT2D eigenvalue weighted by Gasteiger charge is -2.30. The zero-order valence-corrected chi connectivity index (χ0v) is 20.7. The van der Waals surface area contributed by atoms with Crippen LogP contribution in [0, 0.1) is 10.1 Å². The molecule has 2 aliphatic rings. The molecule has 0 bridgehead atoms. The molecule has 1 heterocycles. The van der Waals surface area contributed by atoms with Crippen LogP contribution >= 0.6 is 0 Å². The van der Waals surface area contributed by atoms with Gasteiger partial charge in [-0.3, -0.25) is 14.9 Å². The van der Waals surface area contributed by atoms with Gasteiger partial charge in [0.15, 0.2) is 17.3 Å². The fourth-order valence-electron chi connectivity index (χ4n) is 5.20. The topological polar surface area (TPSA) is 112 Å². The van der Waals surface area contributed by atoms with Gasteiger partial charge in [0.05, 0.1) is 49.2 Å². The minimum Gasteiger partial charge on any atom is -0.493 e. The van der Waals surface area contributed by atoms with E-state index in [4.69, 9.17) is 14.2 Å². The third kappa shape index (κ3) is 4.33. The molecule has 1 aliphatic heterocycles. The molecule has 9 nitrogen and oxygen atoms in total. The quantitative estimate of drug-likeness (QED) is 0.332. The van der Waals surface area contributed by atoms with Gasteiger partial charge in [-0.1, -0.05) is 24.3 Å². The van der Waals surface area contributed by atoms with E-state index < -0.39 is 11.0 Å². The molecule has 37 heavy (non-hydrogen) atoms. The van der Waals surface area contributed by atoms with Crippen LogP contribution < -0.4 is 24.8 Å². The highest BCUT2D eigenvalue weighted by atomic mass is 16.6. The van der Waals surface area contributed by atoms with Crippen molar-refractivity contribution in [2.45, 2.75) is 24.8 Å². The second kappa shape index (κ2) is 9.85. The number of nitro groups is 1. The number of nitrogens with zero attached hydrogens (tertiary/aromatic N) is 1. The van der Waals surface area contributed by atoms with Gasteiger partial charge in [-0.25, -0.2) is 0 Å². The second-order valence-corrected chi connectivity index (χ2v) is 8.94. The number of carbonyl (C=O) groups is 1. The lowest BCUT2D eigenvalue weighted by molar-refractivity contribution is -0.385. The van der Waals surface area contributed by atoms with Crippen LogP contribution in [0.15, 0.2) is 71.9 Å². The normalized spacial score (nSPS) is 18.5. The van der Waals surface area contributed by atoms with Crippen LogP contribution in [0.2, 0.25) is 0 Å². The first-order valence-electron chi connectivity index (χ1n) is 11.9. The first kappa shape index (κ1) is 24.2. The largest absolute Gasteiger partial charge is 0.493 e. The number of rotatable bonds is 6.